The van der Waals surface area contributed by atoms with Crippen LogP contribution in [-0.4, -0.2) is 12.7 Å². The molecular formula is C25H46O. The third-order valence-electron chi connectivity index (χ3n) is 6.95. The van der Waals surface area contributed by atoms with Crippen molar-refractivity contribution < 1.29 is 4.74 Å². The van der Waals surface area contributed by atoms with Crippen molar-refractivity contribution in [1.82, 2.24) is 0 Å². The highest BCUT2D eigenvalue weighted by molar-refractivity contribution is 4.91. The highest BCUT2D eigenvalue weighted by Gasteiger charge is 2.21. The van der Waals surface area contributed by atoms with Crippen LogP contribution in [0.15, 0.2) is 12.2 Å². The molecule has 152 valence electrons. The summed E-state index contributed by atoms with van der Waals surface area (Å²) in [4.78, 5) is 0. The number of hydrogen-bond donors (Lipinski definition) is 0. The molecule has 0 heterocycles. The lowest BCUT2D eigenvalue weighted by Crippen LogP contribution is -2.21. The second-order valence-electron chi connectivity index (χ2n) is 9.18. The van der Waals surface area contributed by atoms with Gasteiger partial charge in [0.15, 0.2) is 0 Å². The van der Waals surface area contributed by atoms with Gasteiger partial charge in [0.2, 0.25) is 0 Å². The highest BCUT2D eigenvalue weighted by atomic mass is 16.5. The van der Waals surface area contributed by atoms with Crippen molar-refractivity contribution in [3.05, 3.63) is 12.2 Å². The Kier molecular flexibility index (Phi) is 11.7. The van der Waals surface area contributed by atoms with E-state index in [0.717, 1.165) is 24.4 Å². The van der Waals surface area contributed by atoms with Gasteiger partial charge in [0.25, 0.3) is 0 Å². The molecule has 1 nitrogen and oxygen atoms in total. The summed E-state index contributed by atoms with van der Waals surface area (Å²) in [6, 6.07) is 0. The lowest BCUT2D eigenvalue weighted by atomic mass is 9.79. The molecule has 0 N–H and O–H groups in total. The predicted octanol–water partition coefficient (Wildman–Crippen LogP) is 8.09. The average Bonchev–Trinajstić information content (AvgIpc) is 2.68. The summed E-state index contributed by atoms with van der Waals surface area (Å²) in [6.45, 7) is 5.46. The Morgan fingerprint density at radius 2 is 1.23 bits per heavy atom. The zero-order valence-electron chi connectivity index (χ0n) is 17.9. The highest BCUT2D eigenvalue weighted by Crippen LogP contribution is 2.33. The van der Waals surface area contributed by atoms with Gasteiger partial charge in [0.1, 0.15) is 0 Å². The zero-order valence-corrected chi connectivity index (χ0v) is 17.9. The molecule has 1 heteroatoms. The minimum absolute atomic E-state index is 0.538. The Bertz CT molecular complexity index is 345. The number of allylic oxidation sites excluding steroid dienone is 1. The first-order valence-electron chi connectivity index (χ1n) is 12.1. The van der Waals surface area contributed by atoms with E-state index in [1.54, 1.807) is 0 Å². The monoisotopic (exact) mass is 362 g/mol. The van der Waals surface area contributed by atoms with Crippen LogP contribution < -0.4 is 0 Å². The van der Waals surface area contributed by atoms with E-state index in [9.17, 15) is 0 Å². The minimum Gasteiger partial charge on any atom is -0.374 e. The molecule has 2 aliphatic carbocycles. The maximum Gasteiger partial charge on any atom is 0.0651 e. The quantitative estimate of drug-likeness (QED) is 0.252. The lowest BCUT2D eigenvalue weighted by molar-refractivity contribution is 0.0331. The molecule has 0 aromatic heterocycles. The standard InChI is InChI=1S/C25H46O/c1-3-5-7-10-22-13-15-24(16-14-22)12-9-21-26-25-19-17-23(18-20-25)11-8-6-4-2/h9,12,22-25H,3-8,10-11,13-21H2,1-2H3/b12-9+/t22-,23-,24-,25-. The van der Waals surface area contributed by atoms with E-state index in [0.29, 0.717) is 6.10 Å². The van der Waals surface area contributed by atoms with E-state index < -0.39 is 0 Å². The van der Waals surface area contributed by atoms with Crippen LogP contribution in [0.25, 0.3) is 0 Å². The Morgan fingerprint density at radius 3 is 1.77 bits per heavy atom. The molecule has 26 heavy (non-hydrogen) atoms. The average molecular weight is 363 g/mol. The summed E-state index contributed by atoms with van der Waals surface area (Å²) >= 11 is 0. The van der Waals surface area contributed by atoms with Crippen LogP contribution in [0.3, 0.4) is 0 Å². The second-order valence-corrected chi connectivity index (χ2v) is 9.18. The first-order chi connectivity index (χ1) is 12.8. The molecule has 0 unspecified atom stereocenters. The molecule has 0 aliphatic heterocycles. The summed E-state index contributed by atoms with van der Waals surface area (Å²) in [5, 5.41) is 0. The maximum absolute atomic E-state index is 6.15. The van der Waals surface area contributed by atoms with Gasteiger partial charge >= 0.3 is 0 Å². The van der Waals surface area contributed by atoms with Crippen molar-refractivity contribution in [2.45, 2.75) is 123 Å². The van der Waals surface area contributed by atoms with Crippen molar-refractivity contribution in [2.75, 3.05) is 6.61 Å². The first-order valence-corrected chi connectivity index (χ1v) is 12.1. The van der Waals surface area contributed by atoms with Gasteiger partial charge in [-0.25, -0.2) is 0 Å². The second kappa shape index (κ2) is 13.8. The smallest absolute Gasteiger partial charge is 0.0651 e. The molecule has 0 saturated heterocycles. The normalized spacial score (nSPS) is 30.1. The third kappa shape index (κ3) is 9.07. The van der Waals surface area contributed by atoms with Crippen molar-refractivity contribution in [2.24, 2.45) is 17.8 Å². The molecule has 2 rings (SSSR count). The van der Waals surface area contributed by atoms with Crippen LogP contribution >= 0.6 is 0 Å². The molecule has 0 atom stereocenters. The molecule has 0 spiro atoms. The molecule has 2 fully saturated rings. The Hall–Kier alpha value is -0.300. The third-order valence-corrected chi connectivity index (χ3v) is 6.95. The summed E-state index contributed by atoms with van der Waals surface area (Å²) in [5.41, 5.74) is 0. The maximum atomic E-state index is 6.15. The summed E-state index contributed by atoms with van der Waals surface area (Å²) in [6.07, 6.45) is 27.9. The van der Waals surface area contributed by atoms with Gasteiger partial charge in [-0.15, -0.1) is 0 Å². The SMILES string of the molecule is CCCCC[C@H]1CC[C@H](/C=C/CO[C@H]2CC[C@H](CCCCC)CC2)CC1. The molecule has 0 radical (unpaired) electrons. The fourth-order valence-corrected chi connectivity index (χ4v) is 5.06. The van der Waals surface area contributed by atoms with Gasteiger partial charge in [-0.3, -0.25) is 0 Å². The van der Waals surface area contributed by atoms with Crippen LogP contribution in [0, 0.1) is 17.8 Å². The number of rotatable bonds is 12. The summed E-state index contributed by atoms with van der Waals surface area (Å²) < 4.78 is 6.15. The largest absolute Gasteiger partial charge is 0.374 e. The molecule has 0 aromatic rings. The van der Waals surface area contributed by atoms with E-state index in [4.69, 9.17) is 4.74 Å². The molecule has 0 bridgehead atoms. The van der Waals surface area contributed by atoms with E-state index in [1.165, 1.54) is 103 Å². The number of ether oxygens (including phenoxy) is 1. The molecule has 0 amide bonds. The molecule has 2 saturated carbocycles. The zero-order chi connectivity index (χ0) is 18.5. The van der Waals surface area contributed by atoms with Gasteiger partial charge in [-0.1, -0.05) is 77.4 Å². The lowest BCUT2D eigenvalue weighted by Gasteiger charge is -2.28. The number of unbranched alkanes of at least 4 members (excludes halogenated alkanes) is 4. The van der Waals surface area contributed by atoms with Crippen molar-refractivity contribution >= 4 is 0 Å². The van der Waals surface area contributed by atoms with E-state index >= 15 is 0 Å². The Balaban J connectivity index is 1.49. The van der Waals surface area contributed by atoms with E-state index in [1.807, 2.05) is 0 Å². The van der Waals surface area contributed by atoms with E-state index in [-0.39, 0.29) is 0 Å². The van der Waals surface area contributed by atoms with Crippen LogP contribution in [0.5, 0.6) is 0 Å². The van der Waals surface area contributed by atoms with Crippen LogP contribution in [0.4, 0.5) is 0 Å². The topological polar surface area (TPSA) is 9.23 Å². The van der Waals surface area contributed by atoms with Gasteiger partial charge in [-0.05, 0) is 69.1 Å². The van der Waals surface area contributed by atoms with Crippen LogP contribution in [-0.2, 0) is 4.74 Å². The summed E-state index contributed by atoms with van der Waals surface area (Å²) in [7, 11) is 0. The Morgan fingerprint density at radius 1 is 0.692 bits per heavy atom. The summed E-state index contributed by atoms with van der Waals surface area (Å²) in [5.74, 6) is 2.84. The first kappa shape index (κ1) is 22.0. The van der Waals surface area contributed by atoms with Crippen LogP contribution in [0.1, 0.15) is 117 Å². The predicted molar refractivity (Wildman–Crippen MR) is 115 cm³/mol. The molecule has 0 aromatic carbocycles. The van der Waals surface area contributed by atoms with Gasteiger partial charge in [0, 0.05) is 0 Å². The minimum atomic E-state index is 0.538. The fraction of sp³-hybridized carbons (Fsp3) is 0.920. The van der Waals surface area contributed by atoms with Crippen molar-refractivity contribution in [3.63, 3.8) is 0 Å². The van der Waals surface area contributed by atoms with Gasteiger partial charge in [-0.2, -0.15) is 0 Å². The van der Waals surface area contributed by atoms with Crippen LogP contribution in [0.2, 0.25) is 0 Å². The van der Waals surface area contributed by atoms with Crippen molar-refractivity contribution in [1.29, 1.82) is 0 Å². The molecule has 2 aliphatic rings. The fourth-order valence-electron chi connectivity index (χ4n) is 5.06. The van der Waals surface area contributed by atoms with E-state index in [2.05, 4.69) is 26.0 Å². The van der Waals surface area contributed by atoms with Gasteiger partial charge in [0.05, 0.1) is 12.7 Å². The van der Waals surface area contributed by atoms with Crippen molar-refractivity contribution in [3.8, 4) is 0 Å². The number of hydrogen-bond acceptors (Lipinski definition) is 1. The van der Waals surface area contributed by atoms with Gasteiger partial charge < -0.3 is 4.74 Å². The Labute approximate surface area is 164 Å². The molecular weight excluding hydrogens is 316 g/mol.